The van der Waals surface area contributed by atoms with Gasteiger partial charge in [0.1, 0.15) is 9.88 Å². The van der Waals surface area contributed by atoms with Gasteiger partial charge in [-0.2, -0.15) is 0 Å². The summed E-state index contributed by atoms with van der Waals surface area (Å²) in [5.41, 5.74) is 2.08. The number of aromatic nitrogens is 1. The molecule has 0 saturated carbocycles. The van der Waals surface area contributed by atoms with Gasteiger partial charge in [0.2, 0.25) is 0 Å². The van der Waals surface area contributed by atoms with Crippen LogP contribution in [0.4, 0.5) is 5.69 Å². The summed E-state index contributed by atoms with van der Waals surface area (Å²) in [5, 5.41) is 7.29. The first-order valence-electron chi connectivity index (χ1n) is 8.94. The van der Waals surface area contributed by atoms with E-state index in [1.165, 1.54) is 37.3 Å². The van der Waals surface area contributed by atoms with Crippen molar-refractivity contribution in [3.05, 3.63) is 35.3 Å². The molecule has 132 valence electrons. The van der Waals surface area contributed by atoms with E-state index >= 15 is 0 Å². The third-order valence-corrected chi connectivity index (χ3v) is 6.65. The van der Waals surface area contributed by atoms with Crippen molar-refractivity contribution < 1.29 is 4.79 Å². The van der Waals surface area contributed by atoms with E-state index in [0.29, 0.717) is 16.8 Å². The zero-order valence-electron chi connectivity index (χ0n) is 14.7. The number of hydrogen-bond donors (Lipinski definition) is 2. The summed E-state index contributed by atoms with van der Waals surface area (Å²) < 4.78 is 0. The molecule has 2 N–H and O–H groups in total. The lowest BCUT2D eigenvalue weighted by Gasteiger charge is -2.49. The quantitative estimate of drug-likeness (QED) is 0.884. The molecule has 0 radical (unpaired) electrons. The van der Waals surface area contributed by atoms with Crippen molar-refractivity contribution in [3.63, 3.8) is 0 Å². The highest BCUT2D eigenvalue weighted by Crippen LogP contribution is 2.33. The van der Waals surface area contributed by atoms with Crippen LogP contribution in [0.5, 0.6) is 0 Å². The normalized spacial score (nSPS) is 27.9. The maximum atomic E-state index is 12.7. The minimum Gasteiger partial charge on any atom is -0.388 e. The molecule has 0 spiro atoms. The molecule has 6 heteroatoms. The fourth-order valence-electron chi connectivity index (χ4n) is 4.09. The van der Waals surface area contributed by atoms with Gasteiger partial charge in [0, 0.05) is 30.4 Å². The number of hydrogen-bond acceptors (Lipinski definition) is 5. The Balaban J connectivity index is 1.49. The van der Waals surface area contributed by atoms with E-state index in [9.17, 15) is 4.79 Å². The molecular formula is C19H24N4OS. The molecule has 3 fully saturated rings. The molecule has 0 unspecified atom stereocenters. The molecule has 1 aromatic carbocycles. The number of amides is 1. The number of benzene rings is 1. The minimum atomic E-state index is 0.0131. The van der Waals surface area contributed by atoms with Crippen LogP contribution in [0, 0.1) is 5.92 Å². The molecule has 25 heavy (non-hydrogen) atoms. The van der Waals surface area contributed by atoms with Gasteiger partial charge < -0.3 is 10.6 Å². The van der Waals surface area contributed by atoms with Crippen molar-refractivity contribution >= 4 is 22.9 Å². The lowest BCUT2D eigenvalue weighted by atomic mass is 9.79. The maximum Gasteiger partial charge on any atom is 0.263 e. The summed E-state index contributed by atoms with van der Waals surface area (Å²) in [5.74, 6) is 0.628. The number of nitrogens with one attached hydrogen (secondary N) is 2. The number of piperidine rings is 3. The van der Waals surface area contributed by atoms with Gasteiger partial charge in [0.05, 0.1) is 6.20 Å². The van der Waals surface area contributed by atoms with Gasteiger partial charge in [-0.25, -0.2) is 4.98 Å². The molecule has 1 aromatic heterocycles. The topological polar surface area (TPSA) is 57.3 Å². The number of thiazole rings is 1. The molecule has 3 aliphatic rings. The van der Waals surface area contributed by atoms with Crippen LogP contribution in [0.25, 0.3) is 10.6 Å². The van der Waals surface area contributed by atoms with E-state index in [0.717, 1.165) is 16.3 Å². The molecule has 1 amide bonds. The smallest absolute Gasteiger partial charge is 0.263 e. The van der Waals surface area contributed by atoms with E-state index in [2.05, 4.69) is 33.5 Å². The summed E-state index contributed by atoms with van der Waals surface area (Å²) in [7, 11) is 1.90. The van der Waals surface area contributed by atoms with Crippen LogP contribution in [0.2, 0.25) is 0 Å². The lowest BCUT2D eigenvalue weighted by Crippen LogP contribution is -2.62. The van der Waals surface area contributed by atoms with Gasteiger partial charge in [0.15, 0.2) is 0 Å². The van der Waals surface area contributed by atoms with Crippen molar-refractivity contribution in [2.75, 3.05) is 25.5 Å². The average Bonchev–Trinajstić information content (AvgIpc) is 3.15. The van der Waals surface area contributed by atoms with Gasteiger partial charge >= 0.3 is 0 Å². The van der Waals surface area contributed by atoms with Crippen LogP contribution in [-0.4, -0.2) is 48.0 Å². The Hall–Kier alpha value is -1.92. The van der Waals surface area contributed by atoms with Gasteiger partial charge in [-0.3, -0.25) is 9.69 Å². The molecule has 3 saturated heterocycles. The third kappa shape index (κ3) is 3.16. The number of carbonyl (C=O) groups excluding carboxylic acids is 1. The minimum absolute atomic E-state index is 0.0131. The Morgan fingerprint density at radius 1 is 1.32 bits per heavy atom. The second kappa shape index (κ2) is 6.77. The molecule has 5 rings (SSSR count). The summed E-state index contributed by atoms with van der Waals surface area (Å²) >= 11 is 1.46. The predicted octanol–water partition coefficient (Wildman–Crippen LogP) is 3.06. The summed E-state index contributed by atoms with van der Waals surface area (Å²) in [4.78, 5) is 20.4. The van der Waals surface area contributed by atoms with E-state index in [4.69, 9.17) is 0 Å². The van der Waals surface area contributed by atoms with Crippen LogP contribution in [0.1, 0.15) is 29.4 Å². The average molecular weight is 356 g/mol. The SMILES string of the molecule is CNc1cccc(-c2ncc(C(=O)N[C@@H]3C4CCN(CC4)[C@H]3C)s2)c1. The Morgan fingerprint density at radius 3 is 2.84 bits per heavy atom. The largest absolute Gasteiger partial charge is 0.388 e. The Labute approximate surface area is 152 Å². The van der Waals surface area contributed by atoms with Crippen LogP contribution in [-0.2, 0) is 0 Å². The fraction of sp³-hybridized carbons (Fsp3) is 0.474. The van der Waals surface area contributed by atoms with Gasteiger partial charge in [-0.1, -0.05) is 12.1 Å². The van der Waals surface area contributed by atoms with Crippen molar-refractivity contribution in [2.45, 2.75) is 31.8 Å². The fourth-order valence-corrected chi connectivity index (χ4v) is 4.90. The predicted molar refractivity (Wildman–Crippen MR) is 102 cm³/mol. The number of fused-ring (bicyclic) bond motifs is 3. The molecule has 2 aromatic rings. The highest BCUT2D eigenvalue weighted by Gasteiger charge is 2.40. The first kappa shape index (κ1) is 16.5. The molecule has 2 atom stereocenters. The second-order valence-corrected chi connectivity index (χ2v) is 8.00. The van der Waals surface area contributed by atoms with Gasteiger partial charge in [0.25, 0.3) is 5.91 Å². The van der Waals surface area contributed by atoms with Crippen molar-refractivity contribution in [3.8, 4) is 10.6 Å². The molecule has 5 nitrogen and oxygen atoms in total. The van der Waals surface area contributed by atoms with E-state index in [1.807, 2.05) is 25.2 Å². The molecular weight excluding hydrogens is 332 g/mol. The Kier molecular flexibility index (Phi) is 4.48. The van der Waals surface area contributed by atoms with E-state index in [-0.39, 0.29) is 11.9 Å². The van der Waals surface area contributed by atoms with Gasteiger partial charge in [-0.15, -0.1) is 11.3 Å². The molecule has 2 bridgehead atoms. The highest BCUT2D eigenvalue weighted by molar-refractivity contribution is 7.16. The highest BCUT2D eigenvalue weighted by atomic mass is 32.1. The van der Waals surface area contributed by atoms with Gasteiger partial charge in [-0.05, 0) is 50.9 Å². The molecule has 3 aliphatic heterocycles. The Morgan fingerprint density at radius 2 is 2.12 bits per heavy atom. The first-order chi connectivity index (χ1) is 12.2. The van der Waals surface area contributed by atoms with Crippen LogP contribution in [0.15, 0.2) is 30.5 Å². The standard InChI is InChI=1S/C19H24N4OS/c1-12-17(13-6-8-23(12)9-7-13)22-18(24)16-11-21-19(25-16)14-4-3-5-15(10-14)20-2/h3-5,10-13,17,20H,6-9H2,1-2H3,(H,22,24)/t12-,17-/m0/s1. The maximum absolute atomic E-state index is 12.7. The monoisotopic (exact) mass is 356 g/mol. The van der Waals surface area contributed by atoms with Crippen LogP contribution >= 0.6 is 11.3 Å². The lowest BCUT2D eigenvalue weighted by molar-refractivity contribution is 0.0218. The molecule has 4 heterocycles. The third-order valence-electron chi connectivity index (χ3n) is 5.60. The summed E-state index contributed by atoms with van der Waals surface area (Å²) in [6.45, 7) is 4.58. The van der Waals surface area contributed by atoms with E-state index in [1.54, 1.807) is 6.20 Å². The number of rotatable bonds is 4. The van der Waals surface area contributed by atoms with Crippen molar-refractivity contribution in [1.29, 1.82) is 0 Å². The zero-order valence-corrected chi connectivity index (χ0v) is 15.5. The second-order valence-electron chi connectivity index (χ2n) is 6.97. The number of anilines is 1. The Bertz CT molecular complexity index is 764. The van der Waals surface area contributed by atoms with Crippen molar-refractivity contribution in [1.82, 2.24) is 15.2 Å². The summed E-state index contributed by atoms with van der Waals surface area (Å²) in [6.07, 6.45) is 4.09. The van der Waals surface area contributed by atoms with Crippen LogP contribution < -0.4 is 10.6 Å². The summed E-state index contributed by atoms with van der Waals surface area (Å²) in [6, 6.07) is 8.77. The molecule has 0 aliphatic carbocycles. The first-order valence-corrected chi connectivity index (χ1v) is 9.76. The number of nitrogens with zero attached hydrogens (tertiary/aromatic N) is 2. The van der Waals surface area contributed by atoms with E-state index < -0.39 is 0 Å². The zero-order chi connectivity index (χ0) is 17.4. The number of carbonyl (C=O) groups is 1. The van der Waals surface area contributed by atoms with Crippen LogP contribution in [0.3, 0.4) is 0 Å². The van der Waals surface area contributed by atoms with Crippen molar-refractivity contribution in [2.24, 2.45) is 5.92 Å².